The molecule has 0 aromatic carbocycles. The van der Waals surface area contributed by atoms with Crippen LogP contribution in [0.25, 0.3) is 0 Å². The summed E-state index contributed by atoms with van der Waals surface area (Å²) in [5, 5.41) is 3.32. The number of aromatic nitrogens is 1. The molecule has 0 unspecified atom stereocenters. The highest BCUT2D eigenvalue weighted by Crippen LogP contribution is 2.33. The zero-order valence-corrected chi connectivity index (χ0v) is 11.9. The van der Waals surface area contributed by atoms with Crippen LogP contribution in [0.4, 0.5) is 5.69 Å². The van der Waals surface area contributed by atoms with Gasteiger partial charge in [0, 0.05) is 24.5 Å². The van der Waals surface area contributed by atoms with Crippen molar-refractivity contribution in [2.45, 2.75) is 38.9 Å². The molecule has 1 N–H and O–H groups in total. The molecule has 1 aliphatic carbocycles. The summed E-state index contributed by atoms with van der Waals surface area (Å²) in [7, 11) is 0. The van der Waals surface area contributed by atoms with E-state index >= 15 is 0 Å². The smallest absolute Gasteiger partial charge is 0.123 e. The molecule has 106 valence electrons. The maximum absolute atomic E-state index is 5.49. The third-order valence-electron chi connectivity index (χ3n) is 3.58. The Morgan fingerprint density at radius 2 is 2.30 bits per heavy atom. The second-order valence-corrected chi connectivity index (χ2v) is 5.22. The maximum atomic E-state index is 5.49. The van der Waals surface area contributed by atoms with Gasteiger partial charge in [-0.3, -0.25) is 4.98 Å². The average Bonchev–Trinajstić information content (AvgIpc) is 3.19. The first-order valence-electron chi connectivity index (χ1n) is 7.31. The van der Waals surface area contributed by atoms with Crippen LogP contribution < -0.4 is 10.2 Å². The van der Waals surface area contributed by atoms with Crippen molar-refractivity contribution >= 4 is 5.69 Å². The molecular weight excluding hydrogens is 250 g/mol. The highest BCUT2D eigenvalue weighted by molar-refractivity contribution is 5.49. The van der Waals surface area contributed by atoms with E-state index in [2.05, 4.69) is 34.3 Å². The van der Waals surface area contributed by atoms with Crippen molar-refractivity contribution in [3.63, 3.8) is 0 Å². The molecular formula is C16H21N3O. The van der Waals surface area contributed by atoms with Crippen molar-refractivity contribution in [2.24, 2.45) is 0 Å². The number of rotatable bonds is 7. The van der Waals surface area contributed by atoms with Crippen LogP contribution in [0.2, 0.25) is 0 Å². The number of nitrogens with one attached hydrogen (secondary N) is 1. The zero-order chi connectivity index (χ0) is 13.8. The fraction of sp³-hybridized carbons (Fsp3) is 0.438. The Balaban J connectivity index is 1.76. The van der Waals surface area contributed by atoms with Crippen molar-refractivity contribution in [1.29, 1.82) is 0 Å². The number of furan rings is 1. The fourth-order valence-corrected chi connectivity index (χ4v) is 2.38. The highest BCUT2D eigenvalue weighted by Gasteiger charge is 2.30. The Bertz CT molecular complexity index is 534. The van der Waals surface area contributed by atoms with Gasteiger partial charge in [0.25, 0.3) is 0 Å². The lowest BCUT2D eigenvalue weighted by Gasteiger charge is -2.24. The molecule has 1 aliphatic rings. The molecule has 0 aliphatic heterocycles. The van der Waals surface area contributed by atoms with Crippen LogP contribution in [0.5, 0.6) is 0 Å². The normalized spacial score (nSPS) is 14.4. The molecule has 2 aromatic heterocycles. The topological polar surface area (TPSA) is 41.3 Å². The molecule has 0 bridgehead atoms. The summed E-state index contributed by atoms with van der Waals surface area (Å²) in [5.41, 5.74) is 2.33. The third kappa shape index (κ3) is 3.20. The van der Waals surface area contributed by atoms with Crippen LogP contribution in [0, 0.1) is 0 Å². The lowest BCUT2D eigenvalue weighted by molar-refractivity contribution is 0.501. The molecule has 3 rings (SSSR count). The van der Waals surface area contributed by atoms with E-state index in [1.165, 1.54) is 18.5 Å². The predicted molar refractivity (Wildman–Crippen MR) is 79.5 cm³/mol. The fourth-order valence-electron chi connectivity index (χ4n) is 2.38. The van der Waals surface area contributed by atoms with E-state index in [1.54, 1.807) is 6.26 Å². The Morgan fingerprint density at radius 1 is 1.40 bits per heavy atom. The minimum Gasteiger partial charge on any atom is -0.467 e. The van der Waals surface area contributed by atoms with Gasteiger partial charge in [0.1, 0.15) is 5.76 Å². The van der Waals surface area contributed by atoms with E-state index < -0.39 is 0 Å². The number of hydrogen-bond acceptors (Lipinski definition) is 4. The van der Waals surface area contributed by atoms with Gasteiger partial charge in [-0.15, -0.1) is 0 Å². The van der Waals surface area contributed by atoms with Crippen LogP contribution in [0.3, 0.4) is 0 Å². The lowest BCUT2D eigenvalue weighted by Crippen LogP contribution is -2.25. The van der Waals surface area contributed by atoms with Crippen molar-refractivity contribution in [3.8, 4) is 0 Å². The van der Waals surface area contributed by atoms with E-state index in [0.29, 0.717) is 6.04 Å². The summed E-state index contributed by atoms with van der Waals surface area (Å²) in [4.78, 5) is 6.85. The summed E-state index contributed by atoms with van der Waals surface area (Å²) in [6.45, 7) is 4.73. The van der Waals surface area contributed by atoms with Crippen LogP contribution in [-0.2, 0) is 13.1 Å². The Hall–Kier alpha value is -1.81. The SMILES string of the molecule is CCNCc1cc(N(Cc2ccco2)C2CC2)ccn1. The van der Waals surface area contributed by atoms with E-state index in [9.17, 15) is 0 Å². The van der Waals surface area contributed by atoms with Gasteiger partial charge in [0.05, 0.1) is 18.5 Å². The number of nitrogens with zero attached hydrogens (tertiary/aromatic N) is 2. The van der Waals surface area contributed by atoms with Gasteiger partial charge < -0.3 is 14.6 Å². The Labute approximate surface area is 119 Å². The first kappa shape index (κ1) is 13.2. The van der Waals surface area contributed by atoms with Gasteiger partial charge in [-0.1, -0.05) is 6.92 Å². The molecule has 0 saturated heterocycles. The van der Waals surface area contributed by atoms with Crippen molar-refractivity contribution < 1.29 is 4.42 Å². The minimum absolute atomic E-state index is 0.648. The van der Waals surface area contributed by atoms with Crippen molar-refractivity contribution in [1.82, 2.24) is 10.3 Å². The Kier molecular flexibility index (Phi) is 4.02. The number of pyridine rings is 1. The second-order valence-electron chi connectivity index (χ2n) is 5.22. The van der Waals surface area contributed by atoms with Gasteiger partial charge in [-0.2, -0.15) is 0 Å². The predicted octanol–water partition coefficient (Wildman–Crippen LogP) is 2.95. The first-order chi connectivity index (χ1) is 9.86. The monoisotopic (exact) mass is 271 g/mol. The first-order valence-corrected chi connectivity index (χ1v) is 7.31. The molecule has 0 spiro atoms. The molecule has 4 nitrogen and oxygen atoms in total. The lowest BCUT2D eigenvalue weighted by atomic mass is 10.2. The summed E-state index contributed by atoms with van der Waals surface area (Å²) in [5.74, 6) is 1.02. The van der Waals surface area contributed by atoms with Crippen molar-refractivity contribution in [2.75, 3.05) is 11.4 Å². The van der Waals surface area contributed by atoms with E-state index in [-0.39, 0.29) is 0 Å². The van der Waals surface area contributed by atoms with Crippen LogP contribution in [0.15, 0.2) is 41.1 Å². The van der Waals surface area contributed by atoms with Gasteiger partial charge in [-0.05, 0) is 43.7 Å². The number of anilines is 1. The average molecular weight is 271 g/mol. The zero-order valence-electron chi connectivity index (χ0n) is 11.9. The molecule has 0 atom stereocenters. The van der Waals surface area contributed by atoms with E-state index in [1.807, 2.05) is 18.3 Å². The molecule has 2 aromatic rings. The minimum atomic E-state index is 0.648. The standard InChI is InChI=1S/C16H21N3O/c1-2-17-11-13-10-15(7-8-18-13)19(14-5-6-14)12-16-4-3-9-20-16/h3-4,7-10,14,17H,2,5-6,11-12H2,1H3. The molecule has 4 heteroatoms. The Morgan fingerprint density at radius 3 is 3.00 bits per heavy atom. The van der Waals surface area contributed by atoms with Crippen LogP contribution >= 0.6 is 0 Å². The quantitative estimate of drug-likeness (QED) is 0.840. The van der Waals surface area contributed by atoms with E-state index in [0.717, 1.165) is 31.1 Å². The van der Waals surface area contributed by atoms with Gasteiger partial charge in [-0.25, -0.2) is 0 Å². The molecule has 2 heterocycles. The largest absolute Gasteiger partial charge is 0.467 e. The number of hydrogen-bond donors (Lipinski definition) is 1. The van der Waals surface area contributed by atoms with Crippen molar-refractivity contribution in [3.05, 3.63) is 48.2 Å². The molecule has 0 amide bonds. The van der Waals surface area contributed by atoms with E-state index in [4.69, 9.17) is 4.42 Å². The third-order valence-corrected chi connectivity index (χ3v) is 3.58. The summed E-state index contributed by atoms with van der Waals surface area (Å²) in [6, 6.07) is 8.91. The van der Waals surface area contributed by atoms with Gasteiger partial charge >= 0.3 is 0 Å². The summed E-state index contributed by atoms with van der Waals surface area (Å²) >= 11 is 0. The highest BCUT2D eigenvalue weighted by atomic mass is 16.3. The van der Waals surface area contributed by atoms with Crippen LogP contribution in [-0.4, -0.2) is 17.6 Å². The summed E-state index contributed by atoms with van der Waals surface area (Å²) in [6.07, 6.45) is 6.18. The molecule has 1 fully saturated rings. The summed E-state index contributed by atoms with van der Waals surface area (Å²) < 4.78 is 5.49. The van der Waals surface area contributed by atoms with Gasteiger partial charge in [0.2, 0.25) is 0 Å². The molecule has 20 heavy (non-hydrogen) atoms. The van der Waals surface area contributed by atoms with Crippen LogP contribution in [0.1, 0.15) is 31.2 Å². The molecule has 1 saturated carbocycles. The maximum Gasteiger partial charge on any atom is 0.123 e. The molecule has 0 radical (unpaired) electrons. The second kappa shape index (κ2) is 6.09. The van der Waals surface area contributed by atoms with Gasteiger partial charge in [0.15, 0.2) is 0 Å².